The summed E-state index contributed by atoms with van der Waals surface area (Å²) in [6.45, 7) is 2.31. The molecule has 0 aromatic carbocycles. The maximum absolute atomic E-state index is 13.2. The van der Waals surface area contributed by atoms with Crippen LogP contribution >= 0.6 is 0 Å². The number of hydrogen-bond acceptors (Lipinski definition) is 28. The van der Waals surface area contributed by atoms with Crippen LogP contribution in [0.25, 0.3) is 0 Å². The molecule has 5 amide bonds. The molecular weight excluding hydrogens is 1010 g/mol. The van der Waals surface area contributed by atoms with Gasteiger partial charge in [-0.3, -0.25) is 24.0 Å². The number of rotatable bonds is 16. The number of amides is 5. The van der Waals surface area contributed by atoms with Crippen LogP contribution in [0.15, 0.2) is 11.5 Å². The van der Waals surface area contributed by atoms with Crippen molar-refractivity contribution in [3.05, 3.63) is 11.5 Å². The Morgan fingerprint density at radius 2 is 1.22 bits per heavy atom. The largest absolute Gasteiger partial charge is 0.510 e. The summed E-state index contributed by atoms with van der Waals surface area (Å²) < 4.78 is 57.2. The van der Waals surface area contributed by atoms with E-state index in [0.717, 1.165) is 20.8 Å². The molecule has 0 aromatic rings. The number of aliphatic hydroxyl groups is 12. The number of Topliss-reactive ketones (excluding diaryl/α,β-unsaturated/α-hetero) is 1. The molecule has 0 bridgehead atoms. The average molecular weight is 1070 g/mol. The SMILES string of the molecule is CC(=O)NC1[C@H](O[C@@H]2C(CO[C@@H]3OC(CO)C(O)[C@H](O)C3O)O[C@@H](OC3[C@@H](OC(N)=O)[C@](C)(O)C(C(N)=O)O[C@@H]3O)C(NC(C)=O)[C@H]2O)OC(C)C(O[C@@H]2OC(C(=O)NC3=C(O)CCC3=O)[C@H](O)[C@H](O)C2O)[C@@H]1O. The van der Waals surface area contributed by atoms with Crippen molar-refractivity contribution in [2.75, 3.05) is 13.2 Å². The maximum atomic E-state index is 13.2. The van der Waals surface area contributed by atoms with Gasteiger partial charge in [-0.15, -0.1) is 0 Å². The predicted molar refractivity (Wildman–Crippen MR) is 228 cm³/mol. The molecule has 420 valence electrons. The standard InChI is InChI=1S/C41H63N5O28/c1-9-27(69-39-26(59)23(56)24(57)29(71-39)34(61)46-16-12(50)5-6-13(16)51)20(53)17(44-10(2)48)36(66-9)70-28-15(8-65-38-25(58)22(55)19(52)14(7-47)67-38)68-37(18(21(28)54)45-11(3)49)72-30-31(74-40(43)63)41(4,64)32(33(42)60)73-35(30)62/h9,14-15,17-32,35-39,47,50,52-59,62,64H,5-8H2,1-4H3,(H2,42,60)(H2,43,63)(H,44,48)(H,45,49)(H,46,61)/t9?,14?,15?,17?,18?,19?,20-,21-,22+,23+,24-,25?,26?,27?,28-,29?,30?,31-,32?,35+,36+,37+,38-,39-,41+/m1/s1. The van der Waals surface area contributed by atoms with Gasteiger partial charge < -0.3 is 136 Å². The molecule has 6 rings (SSSR count). The molecule has 0 spiro atoms. The summed E-state index contributed by atoms with van der Waals surface area (Å²) in [7, 11) is 0. The molecule has 0 aromatic heterocycles. The number of carbonyl (C=O) groups excluding carboxylic acids is 6. The zero-order valence-corrected chi connectivity index (χ0v) is 39.7. The van der Waals surface area contributed by atoms with E-state index in [1.807, 2.05) is 0 Å². The number of allylic oxidation sites excluding steroid dienone is 2. The molecule has 19 N–H and O–H groups in total. The highest BCUT2D eigenvalue weighted by atomic mass is 16.8. The molecule has 33 heteroatoms. The minimum atomic E-state index is -2.62. The zero-order valence-electron chi connectivity index (χ0n) is 39.7. The van der Waals surface area contributed by atoms with E-state index in [4.69, 9.17) is 58.8 Å². The van der Waals surface area contributed by atoms with Gasteiger partial charge in [-0.05, 0) is 13.8 Å². The Kier molecular flexibility index (Phi) is 19.0. The van der Waals surface area contributed by atoms with Gasteiger partial charge in [0, 0.05) is 26.7 Å². The van der Waals surface area contributed by atoms with E-state index in [1.165, 1.54) is 6.92 Å². The van der Waals surface area contributed by atoms with Crippen LogP contribution < -0.4 is 27.4 Å². The highest BCUT2D eigenvalue weighted by Crippen LogP contribution is 2.38. The summed E-state index contributed by atoms with van der Waals surface area (Å²) in [4.78, 5) is 75.3. The van der Waals surface area contributed by atoms with Gasteiger partial charge in [-0.25, -0.2) is 4.79 Å². The van der Waals surface area contributed by atoms with Crippen LogP contribution in [-0.4, -0.2) is 263 Å². The Morgan fingerprint density at radius 3 is 1.77 bits per heavy atom. The lowest BCUT2D eigenvalue weighted by atomic mass is 9.85. The first-order valence-corrected chi connectivity index (χ1v) is 23.0. The number of primary amides is 2. The molecule has 12 unspecified atom stereocenters. The summed E-state index contributed by atoms with van der Waals surface area (Å²) in [5, 5.41) is 137. The van der Waals surface area contributed by atoms with Crippen molar-refractivity contribution in [3.63, 3.8) is 0 Å². The van der Waals surface area contributed by atoms with E-state index < -0.39 is 213 Å². The molecule has 5 fully saturated rings. The Labute approximate surface area is 418 Å². The summed E-state index contributed by atoms with van der Waals surface area (Å²) in [5.74, 6) is -5.46. The van der Waals surface area contributed by atoms with Crippen molar-refractivity contribution >= 4 is 35.5 Å². The van der Waals surface area contributed by atoms with E-state index in [1.54, 1.807) is 0 Å². The second kappa shape index (κ2) is 23.8. The molecule has 5 heterocycles. The zero-order chi connectivity index (χ0) is 55.0. The molecule has 5 aliphatic heterocycles. The number of aliphatic hydroxyl groups excluding tert-OH is 11. The van der Waals surface area contributed by atoms with Gasteiger partial charge >= 0.3 is 6.09 Å². The molecule has 6 aliphatic rings. The van der Waals surface area contributed by atoms with Crippen molar-refractivity contribution < 1.29 is 137 Å². The van der Waals surface area contributed by atoms with Crippen LogP contribution in [0.4, 0.5) is 4.79 Å². The van der Waals surface area contributed by atoms with Crippen LogP contribution in [0.3, 0.4) is 0 Å². The molecule has 5 saturated heterocycles. The number of carbonyl (C=O) groups is 6. The first-order chi connectivity index (χ1) is 34.6. The molecule has 25 atom stereocenters. The molecule has 74 heavy (non-hydrogen) atoms. The summed E-state index contributed by atoms with van der Waals surface area (Å²) in [5.41, 5.74) is 7.51. The molecular formula is C41H63N5O28. The van der Waals surface area contributed by atoms with Crippen molar-refractivity contribution in [2.24, 2.45) is 11.5 Å². The Hall–Kier alpha value is -4.44. The topological polar surface area (TPSA) is 526 Å². The lowest BCUT2D eigenvalue weighted by molar-refractivity contribution is -0.376. The van der Waals surface area contributed by atoms with Gasteiger partial charge in [-0.2, -0.15) is 0 Å². The highest BCUT2D eigenvalue weighted by molar-refractivity contribution is 6.02. The van der Waals surface area contributed by atoms with E-state index in [2.05, 4.69) is 16.0 Å². The second-order valence-corrected chi connectivity index (χ2v) is 18.5. The number of ketones is 1. The monoisotopic (exact) mass is 1070 g/mol. The second-order valence-electron chi connectivity index (χ2n) is 18.5. The summed E-state index contributed by atoms with van der Waals surface area (Å²) in [6, 6.07) is -3.65. The number of nitrogens with two attached hydrogens (primary N) is 2. The summed E-state index contributed by atoms with van der Waals surface area (Å²) in [6.07, 6.45) is -45.4. The van der Waals surface area contributed by atoms with Gasteiger partial charge in [0.1, 0.15) is 102 Å². The van der Waals surface area contributed by atoms with Gasteiger partial charge in [0.25, 0.3) is 5.91 Å². The first kappa shape index (κ1) is 58.8. The third-order valence-electron chi connectivity index (χ3n) is 13.1. The van der Waals surface area contributed by atoms with Gasteiger partial charge in [0.2, 0.25) is 17.7 Å². The fourth-order valence-electron chi connectivity index (χ4n) is 9.25. The normalized spacial score (nSPS) is 44.8. The lowest BCUT2D eigenvalue weighted by Crippen LogP contribution is -2.72. The Bertz CT molecular complexity index is 2090. The average Bonchev–Trinajstić information content (AvgIpc) is 3.63. The molecule has 0 saturated carbocycles. The van der Waals surface area contributed by atoms with E-state index in [0.29, 0.717) is 0 Å². The van der Waals surface area contributed by atoms with Crippen LogP contribution in [0.2, 0.25) is 0 Å². The number of hydrogen-bond donors (Lipinski definition) is 17. The third-order valence-corrected chi connectivity index (χ3v) is 13.1. The van der Waals surface area contributed by atoms with Crippen LogP contribution in [0, 0.1) is 0 Å². The molecule has 0 radical (unpaired) electrons. The smallest absolute Gasteiger partial charge is 0.404 e. The lowest BCUT2D eigenvalue weighted by Gasteiger charge is -2.51. The summed E-state index contributed by atoms with van der Waals surface area (Å²) >= 11 is 0. The van der Waals surface area contributed by atoms with Gasteiger partial charge in [0.05, 0.1) is 19.3 Å². The van der Waals surface area contributed by atoms with Gasteiger partial charge in [-0.1, -0.05) is 0 Å². The minimum absolute atomic E-state index is 0.0926. The van der Waals surface area contributed by atoms with Crippen LogP contribution in [0.1, 0.15) is 40.5 Å². The third kappa shape index (κ3) is 12.4. The van der Waals surface area contributed by atoms with E-state index in [-0.39, 0.29) is 12.8 Å². The van der Waals surface area contributed by atoms with Crippen LogP contribution in [0.5, 0.6) is 0 Å². The van der Waals surface area contributed by atoms with E-state index in [9.17, 15) is 90.0 Å². The highest BCUT2D eigenvalue weighted by Gasteiger charge is 2.61. The fraction of sp³-hybridized carbons (Fsp3) is 0.805. The fourth-order valence-corrected chi connectivity index (χ4v) is 9.25. The van der Waals surface area contributed by atoms with Crippen molar-refractivity contribution in [1.29, 1.82) is 0 Å². The predicted octanol–water partition coefficient (Wildman–Crippen LogP) is -10.4. The molecule has 1 aliphatic carbocycles. The van der Waals surface area contributed by atoms with Gasteiger partial charge in [0.15, 0.2) is 61.6 Å². The van der Waals surface area contributed by atoms with E-state index >= 15 is 0 Å². The Balaban J connectivity index is 1.30. The van der Waals surface area contributed by atoms with Crippen LogP contribution in [-0.2, 0) is 71.3 Å². The number of nitrogens with one attached hydrogen (secondary N) is 3. The first-order valence-electron chi connectivity index (χ1n) is 23.0. The maximum Gasteiger partial charge on any atom is 0.404 e. The molecule has 33 nitrogen and oxygen atoms in total. The van der Waals surface area contributed by atoms with Crippen molar-refractivity contribution in [2.45, 2.75) is 193 Å². The minimum Gasteiger partial charge on any atom is -0.510 e. The van der Waals surface area contributed by atoms with Crippen molar-refractivity contribution in [3.8, 4) is 0 Å². The number of ether oxygens (including phenoxy) is 10. The Morgan fingerprint density at radius 1 is 0.676 bits per heavy atom. The van der Waals surface area contributed by atoms with Crippen molar-refractivity contribution in [1.82, 2.24) is 16.0 Å². The quantitative estimate of drug-likeness (QED) is 0.0682.